The van der Waals surface area contributed by atoms with Crippen LogP contribution in [0.2, 0.25) is 0 Å². The molecule has 0 aromatic rings. The van der Waals surface area contributed by atoms with Gasteiger partial charge in [-0.05, 0) is 6.92 Å². The van der Waals surface area contributed by atoms with Gasteiger partial charge in [-0.2, -0.15) is 11.8 Å². The van der Waals surface area contributed by atoms with Crippen LogP contribution in [0.5, 0.6) is 0 Å². The van der Waals surface area contributed by atoms with Crippen molar-refractivity contribution in [2.45, 2.75) is 44.2 Å². The van der Waals surface area contributed by atoms with Crippen molar-refractivity contribution in [1.29, 1.82) is 0 Å². The lowest BCUT2D eigenvalue weighted by Crippen LogP contribution is -2.48. The molecule has 1 aliphatic rings. The predicted molar refractivity (Wildman–Crippen MR) is 64.3 cm³/mol. The Kier molecular flexibility index (Phi) is 4.46. The van der Waals surface area contributed by atoms with Gasteiger partial charge in [-0.15, -0.1) is 0 Å². The van der Waals surface area contributed by atoms with Crippen LogP contribution in [0.1, 0.15) is 27.7 Å². The van der Waals surface area contributed by atoms with E-state index in [2.05, 4.69) is 18.7 Å². The molecule has 0 aliphatic carbocycles. The summed E-state index contributed by atoms with van der Waals surface area (Å²) in [7, 11) is 0. The van der Waals surface area contributed by atoms with Gasteiger partial charge in [0.15, 0.2) is 0 Å². The Hall–Kier alpha value is -0.220. The summed E-state index contributed by atoms with van der Waals surface area (Å²) in [4.78, 5) is 13.2. The third kappa shape index (κ3) is 3.38. The van der Waals surface area contributed by atoms with Crippen molar-refractivity contribution < 1.29 is 9.90 Å². The molecular weight excluding hydrogens is 210 g/mol. The van der Waals surface area contributed by atoms with Crippen LogP contribution in [0.25, 0.3) is 0 Å². The van der Waals surface area contributed by atoms with Crippen LogP contribution in [0.15, 0.2) is 0 Å². The van der Waals surface area contributed by atoms with Crippen molar-refractivity contribution >= 4 is 17.7 Å². The Labute approximate surface area is 96.2 Å². The number of rotatable bonds is 3. The fourth-order valence-electron chi connectivity index (χ4n) is 2.07. The Morgan fingerprint density at radius 1 is 1.33 bits per heavy atom. The molecule has 1 heterocycles. The maximum atomic E-state index is 10.9. The third-order valence-corrected chi connectivity index (χ3v) is 4.36. The maximum absolute atomic E-state index is 10.9. The predicted octanol–water partition coefficient (Wildman–Crippen LogP) is 1.92. The molecular formula is C11H21NO2S. The number of thioether (sulfide) groups is 1. The average molecular weight is 231 g/mol. The smallest absolute Gasteiger partial charge is 0.307 e. The SMILES string of the molecule is CC1CN(C(C)C(C)C(=O)O)CC(C)S1. The summed E-state index contributed by atoms with van der Waals surface area (Å²) < 4.78 is 0. The van der Waals surface area contributed by atoms with E-state index >= 15 is 0 Å². The van der Waals surface area contributed by atoms with Gasteiger partial charge in [-0.3, -0.25) is 9.69 Å². The van der Waals surface area contributed by atoms with Crippen molar-refractivity contribution in [1.82, 2.24) is 4.90 Å². The zero-order valence-corrected chi connectivity index (χ0v) is 10.8. The number of aliphatic carboxylic acids is 1. The van der Waals surface area contributed by atoms with Crippen LogP contribution >= 0.6 is 11.8 Å². The van der Waals surface area contributed by atoms with Crippen molar-refractivity contribution in [2.24, 2.45) is 5.92 Å². The molecule has 0 spiro atoms. The third-order valence-electron chi connectivity index (χ3n) is 3.14. The van der Waals surface area contributed by atoms with Crippen LogP contribution in [-0.2, 0) is 4.79 Å². The first-order chi connectivity index (χ1) is 6.91. The molecule has 1 aliphatic heterocycles. The molecule has 1 fully saturated rings. The van der Waals surface area contributed by atoms with E-state index in [0.29, 0.717) is 10.5 Å². The zero-order chi connectivity index (χ0) is 11.6. The molecule has 0 amide bonds. The lowest BCUT2D eigenvalue weighted by atomic mass is 10.0. The van der Waals surface area contributed by atoms with Crippen LogP contribution < -0.4 is 0 Å². The summed E-state index contributed by atoms with van der Waals surface area (Å²) in [5.41, 5.74) is 0. The summed E-state index contributed by atoms with van der Waals surface area (Å²) in [6.45, 7) is 10.3. The van der Waals surface area contributed by atoms with E-state index in [-0.39, 0.29) is 12.0 Å². The number of carbonyl (C=O) groups is 1. The number of carboxylic acid groups (broad SMARTS) is 1. The Morgan fingerprint density at radius 2 is 1.80 bits per heavy atom. The normalized spacial score (nSPS) is 32.3. The highest BCUT2D eigenvalue weighted by Crippen LogP contribution is 2.27. The number of hydrogen-bond donors (Lipinski definition) is 1. The second-order valence-corrected chi connectivity index (χ2v) is 6.46. The van der Waals surface area contributed by atoms with Gasteiger partial charge >= 0.3 is 5.97 Å². The van der Waals surface area contributed by atoms with Gasteiger partial charge < -0.3 is 5.11 Å². The summed E-state index contributed by atoms with van der Waals surface area (Å²) in [6, 6.07) is 0.133. The summed E-state index contributed by atoms with van der Waals surface area (Å²) in [5.74, 6) is -0.978. The molecule has 0 saturated carbocycles. The molecule has 4 unspecified atom stereocenters. The molecule has 4 atom stereocenters. The second-order valence-electron chi connectivity index (χ2n) is 4.58. The first-order valence-electron chi connectivity index (χ1n) is 5.54. The highest BCUT2D eigenvalue weighted by Gasteiger charge is 2.30. The van der Waals surface area contributed by atoms with Gasteiger partial charge in [0, 0.05) is 29.6 Å². The summed E-state index contributed by atoms with van der Waals surface area (Å²) in [6.07, 6.45) is 0. The molecule has 1 N–H and O–H groups in total. The van der Waals surface area contributed by atoms with Crippen molar-refractivity contribution in [3.8, 4) is 0 Å². The van der Waals surface area contributed by atoms with E-state index in [1.54, 1.807) is 6.92 Å². The van der Waals surface area contributed by atoms with E-state index in [1.165, 1.54) is 0 Å². The standard InChI is InChI=1S/C11H21NO2S/c1-7-5-12(6-8(2)15-7)10(4)9(3)11(13)14/h7-10H,5-6H2,1-4H3,(H,13,14). The fourth-order valence-corrected chi connectivity index (χ4v) is 3.42. The van der Waals surface area contributed by atoms with Gasteiger partial charge in [0.05, 0.1) is 5.92 Å². The van der Waals surface area contributed by atoms with Crippen LogP contribution in [0.3, 0.4) is 0 Å². The molecule has 0 aromatic heterocycles. The summed E-state index contributed by atoms with van der Waals surface area (Å²) in [5, 5.41) is 10.2. The zero-order valence-electron chi connectivity index (χ0n) is 9.93. The van der Waals surface area contributed by atoms with E-state index in [4.69, 9.17) is 5.11 Å². The van der Waals surface area contributed by atoms with E-state index in [1.807, 2.05) is 18.7 Å². The minimum Gasteiger partial charge on any atom is -0.481 e. The molecule has 3 nitrogen and oxygen atoms in total. The largest absolute Gasteiger partial charge is 0.481 e. The first kappa shape index (κ1) is 12.8. The number of nitrogens with zero attached hydrogens (tertiary/aromatic N) is 1. The molecule has 4 heteroatoms. The lowest BCUT2D eigenvalue weighted by molar-refractivity contribution is -0.143. The topological polar surface area (TPSA) is 40.5 Å². The van der Waals surface area contributed by atoms with E-state index in [9.17, 15) is 4.79 Å². The molecule has 88 valence electrons. The molecule has 15 heavy (non-hydrogen) atoms. The van der Waals surface area contributed by atoms with E-state index < -0.39 is 5.97 Å². The molecule has 1 saturated heterocycles. The van der Waals surface area contributed by atoms with Crippen molar-refractivity contribution in [3.05, 3.63) is 0 Å². The molecule has 0 aromatic carbocycles. The Balaban J connectivity index is 2.58. The molecule has 0 bridgehead atoms. The van der Waals surface area contributed by atoms with Crippen LogP contribution in [-0.4, -0.2) is 45.6 Å². The second kappa shape index (κ2) is 5.21. The van der Waals surface area contributed by atoms with Crippen molar-refractivity contribution in [2.75, 3.05) is 13.1 Å². The Morgan fingerprint density at radius 3 is 2.20 bits per heavy atom. The highest BCUT2D eigenvalue weighted by atomic mass is 32.2. The van der Waals surface area contributed by atoms with Gasteiger partial charge in [-0.25, -0.2) is 0 Å². The maximum Gasteiger partial charge on any atom is 0.307 e. The average Bonchev–Trinajstić information content (AvgIpc) is 2.13. The monoisotopic (exact) mass is 231 g/mol. The first-order valence-corrected chi connectivity index (χ1v) is 6.48. The van der Waals surface area contributed by atoms with Gasteiger partial charge in [0.25, 0.3) is 0 Å². The minimum absolute atomic E-state index is 0.133. The highest BCUT2D eigenvalue weighted by molar-refractivity contribution is 8.00. The van der Waals surface area contributed by atoms with Gasteiger partial charge in [0.2, 0.25) is 0 Å². The quantitative estimate of drug-likeness (QED) is 0.805. The number of hydrogen-bond acceptors (Lipinski definition) is 3. The van der Waals surface area contributed by atoms with Gasteiger partial charge in [0.1, 0.15) is 0 Å². The number of carboxylic acids is 1. The van der Waals surface area contributed by atoms with Gasteiger partial charge in [-0.1, -0.05) is 20.8 Å². The minimum atomic E-state index is -0.693. The van der Waals surface area contributed by atoms with E-state index in [0.717, 1.165) is 13.1 Å². The Bertz CT molecular complexity index is 225. The van der Waals surface area contributed by atoms with Crippen LogP contribution in [0.4, 0.5) is 0 Å². The lowest BCUT2D eigenvalue weighted by Gasteiger charge is -2.39. The molecule has 0 radical (unpaired) electrons. The van der Waals surface area contributed by atoms with Crippen LogP contribution in [0, 0.1) is 5.92 Å². The molecule has 1 rings (SSSR count). The fraction of sp³-hybridized carbons (Fsp3) is 0.909. The van der Waals surface area contributed by atoms with Crippen molar-refractivity contribution in [3.63, 3.8) is 0 Å². The summed E-state index contributed by atoms with van der Waals surface area (Å²) >= 11 is 1.99.